The third-order valence-corrected chi connectivity index (χ3v) is 3.97. The Balaban J connectivity index is 1.55. The zero-order valence-electron chi connectivity index (χ0n) is 14.3. The lowest BCUT2D eigenvalue weighted by Gasteiger charge is -2.09. The Hall–Kier alpha value is -3.40. The molecule has 3 aromatic carbocycles. The zero-order valence-corrected chi connectivity index (χ0v) is 14.3. The standard InChI is InChI=1S/C22H20N2O2/c25-21(19-10-3-1-4-11-19)23-15-17-8-7-9-18(14-17)16-24-22(26)20-12-5-2-6-13-20/h1-14H,15-16H2,(H,23,25)(H,24,26). The van der Waals surface area contributed by atoms with Gasteiger partial charge in [0.05, 0.1) is 0 Å². The fourth-order valence-electron chi connectivity index (χ4n) is 2.60. The molecule has 26 heavy (non-hydrogen) atoms. The van der Waals surface area contributed by atoms with Crippen molar-refractivity contribution in [1.29, 1.82) is 0 Å². The van der Waals surface area contributed by atoms with Crippen LogP contribution in [0.25, 0.3) is 0 Å². The summed E-state index contributed by atoms with van der Waals surface area (Å²) in [5.41, 5.74) is 3.25. The highest BCUT2D eigenvalue weighted by Gasteiger charge is 2.06. The number of amides is 2. The van der Waals surface area contributed by atoms with E-state index in [9.17, 15) is 9.59 Å². The Kier molecular flexibility index (Phi) is 5.78. The lowest BCUT2D eigenvalue weighted by atomic mass is 10.1. The van der Waals surface area contributed by atoms with Gasteiger partial charge in [0.1, 0.15) is 0 Å². The number of hydrogen-bond donors (Lipinski definition) is 2. The average Bonchev–Trinajstić information content (AvgIpc) is 2.72. The van der Waals surface area contributed by atoms with Gasteiger partial charge in [0, 0.05) is 24.2 Å². The molecule has 0 saturated carbocycles. The predicted molar refractivity (Wildman–Crippen MR) is 102 cm³/mol. The summed E-state index contributed by atoms with van der Waals surface area (Å²) in [6, 6.07) is 26.1. The Labute approximate surface area is 152 Å². The number of rotatable bonds is 6. The van der Waals surface area contributed by atoms with Crippen LogP contribution >= 0.6 is 0 Å². The summed E-state index contributed by atoms with van der Waals surface area (Å²) in [6.07, 6.45) is 0. The minimum atomic E-state index is -0.103. The van der Waals surface area contributed by atoms with Gasteiger partial charge in [-0.15, -0.1) is 0 Å². The Morgan fingerprint density at radius 1 is 0.577 bits per heavy atom. The van der Waals surface area contributed by atoms with E-state index in [1.807, 2.05) is 60.7 Å². The van der Waals surface area contributed by atoms with Crippen molar-refractivity contribution in [1.82, 2.24) is 10.6 Å². The van der Waals surface area contributed by atoms with Crippen molar-refractivity contribution >= 4 is 11.8 Å². The molecule has 0 radical (unpaired) electrons. The van der Waals surface area contributed by atoms with Crippen LogP contribution in [0.1, 0.15) is 31.8 Å². The Morgan fingerprint density at radius 2 is 1.00 bits per heavy atom. The fraction of sp³-hybridized carbons (Fsp3) is 0.0909. The maximum atomic E-state index is 12.1. The molecule has 2 amide bonds. The second-order valence-corrected chi connectivity index (χ2v) is 5.92. The monoisotopic (exact) mass is 344 g/mol. The summed E-state index contributed by atoms with van der Waals surface area (Å²) in [6.45, 7) is 0.877. The van der Waals surface area contributed by atoms with E-state index in [2.05, 4.69) is 10.6 Å². The first-order valence-electron chi connectivity index (χ1n) is 8.47. The van der Waals surface area contributed by atoms with E-state index in [1.54, 1.807) is 24.3 Å². The molecular weight excluding hydrogens is 324 g/mol. The van der Waals surface area contributed by atoms with Crippen LogP contribution in [0.5, 0.6) is 0 Å². The summed E-state index contributed by atoms with van der Waals surface area (Å²) in [4.78, 5) is 24.2. The van der Waals surface area contributed by atoms with E-state index in [-0.39, 0.29) is 11.8 Å². The molecule has 0 bridgehead atoms. The normalized spacial score (nSPS) is 10.2. The molecule has 130 valence electrons. The van der Waals surface area contributed by atoms with Crippen LogP contribution in [0, 0.1) is 0 Å². The van der Waals surface area contributed by atoms with Crippen LogP contribution < -0.4 is 10.6 Å². The Morgan fingerprint density at radius 3 is 1.42 bits per heavy atom. The van der Waals surface area contributed by atoms with Gasteiger partial charge in [-0.05, 0) is 35.4 Å². The lowest BCUT2D eigenvalue weighted by molar-refractivity contribution is 0.0943. The molecule has 0 heterocycles. The number of hydrogen-bond acceptors (Lipinski definition) is 2. The molecule has 0 unspecified atom stereocenters. The molecule has 0 saturated heterocycles. The molecule has 0 aliphatic heterocycles. The average molecular weight is 344 g/mol. The van der Waals surface area contributed by atoms with Gasteiger partial charge in [0.15, 0.2) is 0 Å². The molecule has 4 heteroatoms. The first-order chi connectivity index (χ1) is 12.7. The van der Waals surface area contributed by atoms with Crippen molar-refractivity contribution in [3.63, 3.8) is 0 Å². The van der Waals surface area contributed by atoms with Crippen LogP contribution in [0.4, 0.5) is 0 Å². The van der Waals surface area contributed by atoms with Crippen molar-refractivity contribution < 1.29 is 9.59 Å². The molecule has 0 aliphatic rings. The van der Waals surface area contributed by atoms with Crippen LogP contribution in [-0.4, -0.2) is 11.8 Å². The van der Waals surface area contributed by atoms with Crippen LogP contribution in [0.2, 0.25) is 0 Å². The summed E-state index contributed by atoms with van der Waals surface area (Å²) >= 11 is 0. The summed E-state index contributed by atoms with van der Waals surface area (Å²) in [7, 11) is 0. The molecular formula is C22H20N2O2. The lowest BCUT2D eigenvalue weighted by Crippen LogP contribution is -2.24. The topological polar surface area (TPSA) is 58.2 Å². The molecule has 4 nitrogen and oxygen atoms in total. The highest BCUT2D eigenvalue weighted by atomic mass is 16.2. The first kappa shape index (κ1) is 17.4. The summed E-state index contributed by atoms with van der Waals surface area (Å²) in [5, 5.41) is 5.81. The van der Waals surface area contributed by atoms with Crippen LogP contribution in [0.15, 0.2) is 84.9 Å². The van der Waals surface area contributed by atoms with E-state index >= 15 is 0 Å². The number of carbonyl (C=O) groups is 2. The third-order valence-electron chi connectivity index (χ3n) is 3.97. The molecule has 3 aromatic rings. The van der Waals surface area contributed by atoms with Crippen molar-refractivity contribution in [3.8, 4) is 0 Å². The predicted octanol–water partition coefficient (Wildman–Crippen LogP) is 3.55. The molecule has 0 aliphatic carbocycles. The molecule has 3 rings (SSSR count). The quantitative estimate of drug-likeness (QED) is 0.718. The van der Waals surface area contributed by atoms with Gasteiger partial charge in [-0.1, -0.05) is 60.7 Å². The third kappa shape index (κ3) is 4.80. The number of benzene rings is 3. The molecule has 0 fully saturated rings. The van der Waals surface area contributed by atoms with Crippen molar-refractivity contribution in [2.75, 3.05) is 0 Å². The van der Waals surface area contributed by atoms with Gasteiger partial charge >= 0.3 is 0 Å². The van der Waals surface area contributed by atoms with Gasteiger partial charge < -0.3 is 10.6 Å². The molecule has 0 aromatic heterocycles. The second-order valence-electron chi connectivity index (χ2n) is 5.92. The van der Waals surface area contributed by atoms with Gasteiger partial charge in [0.25, 0.3) is 11.8 Å². The van der Waals surface area contributed by atoms with Gasteiger partial charge in [-0.3, -0.25) is 9.59 Å². The summed E-state index contributed by atoms with van der Waals surface area (Å²) in [5.74, 6) is -0.207. The highest BCUT2D eigenvalue weighted by molar-refractivity contribution is 5.94. The number of nitrogens with one attached hydrogen (secondary N) is 2. The maximum absolute atomic E-state index is 12.1. The Bertz CT molecular complexity index is 806. The number of carbonyl (C=O) groups excluding carboxylic acids is 2. The first-order valence-corrected chi connectivity index (χ1v) is 8.47. The van der Waals surface area contributed by atoms with Crippen LogP contribution in [0.3, 0.4) is 0 Å². The van der Waals surface area contributed by atoms with Gasteiger partial charge in [-0.25, -0.2) is 0 Å². The second kappa shape index (κ2) is 8.62. The van der Waals surface area contributed by atoms with Crippen molar-refractivity contribution in [2.45, 2.75) is 13.1 Å². The van der Waals surface area contributed by atoms with E-state index < -0.39 is 0 Å². The summed E-state index contributed by atoms with van der Waals surface area (Å²) < 4.78 is 0. The van der Waals surface area contributed by atoms with Crippen LogP contribution in [-0.2, 0) is 13.1 Å². The van der Waals surface area contributed by atoms with Crippen molar-refractivity contribution in [3.05, 3.63) is 107 Å². The smallest absolute Gasteiger partial charge is 0.251 e. The van der Waals surface area contributed by atoms with Gasteiger partial charge in [0.2, 0.25) is 0 Å². The molecule has 2 N–H and O–H groups in total. The highest BCUT2D eigenvalue weighted by Crippen LogP contribution is 2.07. The minimum absolute atomic E-state index is 0.103. The zero-order chi connectivity index (χ0) is 18.2. The van der Waals surface area contributed by atoms with Crippen molar-refractivity contribution in [2.24, 2.45) is 0 Å². The van der Waals surface area contributed by atoms with E-state index in [0.29, 0.717) is 24.2 Å². The minimum Gasteiger partial charge on any atom is -0.348 e. The largest absolute Gasteiger partial charge is 0.348 e. The fourth-order valence-corrected chi connectivity index (χ4v) is 2.60. The van der Waals surface area contributed by atoms with E-state index in [1.165, 1.54) is 0 Å². The maximum Gasteiger partial charge on any atom is 0.251 e. The SMILES string of the molecule is O=C(NCc1cccc(CNC(=O)c2ccccc2)c1)c1ccccc1. The molecule has 0 spiro atoms. The van der Waals surface area contributed by atoms with E-state index in [4.69, 9.17) is 0 Å². The van der Waals surface area contributed by atoms with Gasteiger partial charge in [-0.2, -0.15) is 0 Å². The van der Waals surface area contributed by atoms with E-state index in [0.717, 1.165) is 11.1 Å². The molecule has 0 atom stereocenters.